The van der Waals surface area contributed by atoms with Crippen LogP contribution in [0.25, 0.3) is 0 Å². The molecule has 3 atom stereocenters. The summed E-state index contributed by atoms with van der Waals surface area (Å²) in [5.74, 6) is 1.48. The van der Waals surface area contributed by atoms with Gasteiger partial charge in [-0.25, -0.2) is 0 Å². The minimum atomic E-state index is -0.201. The van der Waals surface area contributed by atoms with Gasteiger partial charge < -0.3 is 4.90 Å². The summed E-state index contributed by atoms with van der Waals surface area (Å²) in [7, 11) is 0. The van der Waals surface area contributed by atoms with E-state index in [0.29, 0.717) is 11.3 Å². The van der Waals surface area contributed by atoms with Gasteiger partial charge in [-0.05, 0) is 18.8 Å². The molecule has 1 unspecified atom stereocenters. The first-order valence-corrected chi connectivity index (χ1v) is 7.26. The van der Waals surface area contributed by atoms with Crippen LogP contribution < -0.4 is 5.32 Å². The third-order valence-electron chi connectivity index (χ3n) is 3.40. The van der Waals surface area contributed by atoms with Crippen LogP contribution in [0.3, 0.4) is 0 Å². The Balaban J connectivity index is 1.95. The fraction of sp³-hybridized carbons (Fsp3) is 0.833. The van der Waals surface area contributed by atoms with E-state index in [1.807, 2.05) is 11.8 Å². The van der Waals surface area contributed by atoms with Crippen molar-refractivity contribution in [3.05, 3.63) is 0 Å². The number of nitrogens with one attached hydrogen (secondary N) is 1. The predicted octanol–water partition coefficient (Wildman–Crippen LogP) is 1.19. The fourth-order valence-electron chi connectivity index (χ4n) is 2.39. The van der Waals surface area contributed by atoms with Crippen molar-refractivity contribution >= 4 is 17.7 Å². The minimum absolute atomic E-state index is 0.0960. The van der Waals surface area contributed by atoms with Gasteiger partial charge in [-0.15, -0.1) is 11.8 Å². The average Bonchev–Trinajstić information content (AvgIpc) is 2.96. The normalized spacial score (nSPS) is 33.1. The van der Waals surface area contributed by atoms with Gasteiger partial charge in [0.2, 0.25) is 5.91 Å². The molecule has 0 bridgehead atoms. The van der Waals surface area contributed by atoms with E-state index in [2.05, 4.69) is 25.2 Å². The number of nitrogens with zero attached hydrogens (tertiary/aromatic N) is 2. The molecule has 2 heterocycles. The monoisotopic (exact) mass is 253 g/mol. The summed E-state index contributed by atoms with van der Waals surface area (Å²) in [5, 5.41) is 12.7. The molecule has 0 saturated carbocycles. The van der Waals surface area contributed by atoms with E-state index in [1.165, 1.54) is 0 Å². The number of likely N-dealkylation sites (tertiary alicyclic amines) is 1. The Bertz CT molecular complexity index is 339. The molecule has 17 heavy (non-hydrogen) atoms. The van der Waals surface area contributed by atoms with E-state index >= 15 is 0 Å². The highest BCUT2D eigenvalue weighted by molar-refractivity contribution is 8.00. The second-order valence-electron chi connectivity index (χ2n) is 5.04. The molecule has 0 aromatic rings. The van der Waals surface area contributed by atoms with E-state index in [-0.39, 0.29) is 18.0 Å². The molecule has 4 nitrogen and oxygen atoms in total. The zero-order valence-corrected chi connectivity index (χ0v) is 11.2. The van der Waals surface area contributed by atoms with Gasteiger partial charge in [-0.1, -0.05) is 13.8 Å². The first-order chi connectivity index (χ1) is 8.13. The molecule has 1 N–H and O–H groups in total. The van der Waals surface area contributed by atoms with Crippen LogP contribution in [-0.4, -0.2) is 40.6 Å². The molecule has 0 radical (unpaired) electrons. The Kier molecular flexibility index (Phi) is 3.95. The Morgan fingerprint density at radius 2 is 2.35 bits per heavy atom. The van der Waals surface area contributed by atoms with Crippen LogP contribution in [0, 0.1) is 17.2 Å². The smallest absolute Gasteiger partial charge is 0.241 e. The Labute approximate surface area is 107 Å². The number of thioether (sulfide) groups is 1. The molecule has 2 saturated heterocycles. The molecule has 0 aromatic carbocycles. The zero-order chi connectivity index (χ0) is 12.4. The van der Waals surface area contributed by atoms with Crippen molar-refractivity contribution in [1.82, 2.24) is 10.2 Å². The van der Waals surface area contributed by atoms with E-state index in [4.69, 9.17) is 5.26 Å². The van der Waals surface area contributed by atoms with Crippen molar-refractivity contribution < 1.29 is 4.79 Å². The quantitative estimate of drug-likeness (QED) is 0.803. The lowest BCUT2D eigenvalue weighted by molar-refractivity contribution is -0.132. The summed E-state index contributed by atoms with van der Waals surface area (Å²) in [6, 6.07) is 1.93. The molecule has 5 heteroatoms. The summed E-state index contributed by atoms with van der Waals surface area (Å²) in [6.07, 6.45) is 1.78. The van der Waals surface area contributed by atoms with Gasteiger partial charge in [0, 0.05) is 12.3 Å². The Morgan fingerprint density at radius 1 is 1.59 bits per heavy atom. The summed E-state index contributed by atoms with van der Waals surface area (Å²) < 4.78 is 0. The van der Waals surface area contributed by atoms with E-state index in [9.17, 15) is 4.79 Å². The molecule has 2 aliphatic rings. The lowest BCUT2D eigenvalue weighted by Gasteiger charge is -2.23. The van der Waals surface area contributed by atoms with Gasteiger partial charge >= 0.3 is 0 Å². The molecular formula is C12H19N3OS. The number of carbonyl (C=O) groups excluding carboxylic acids is 1. The maximum absolute atomic E-state index is 12.3. The SMILES string of the molecule is CC(C)C1N[C@H](C(=O)N2CCC[C@H]2C#N)CS1. The fourth-order valence-corrected chi connectivity index (χ4v) is 3.67. The standard InChI is InChI=1S/C12H19N3OS/c1-8(2)11-14-10(7-17-11)12(16)15-5-3-4-9(15)6-13/h8-11,14H,3-5,7H2,1-2H3/t9-,10-,11?/m0/s1. The molecule has 0 aliphatic carbocycles. The number of amides is 1. The number of hydrogen-bond acceptors (Lipinski definition) is 4. The summed E-state index contributed by atoms with van der Waals surface area (Å²) >= 11 is 1.81. The van der Waals surface area contributed by atoms with Gasteiger partial charge in [-0.3, -0.25) is 10.1 Å². The minimum Gasteiger partial charge on any atom is -0.325 e. The number of rotatable bonds is 2. The average molecular weight is 253 g/mol. The van der Waals surface area contributed by atoms with E-state index in [1.54, 1.807) is 4.90 Å². The van der Waals surface area contributed by atoms with Crippen LogP contribution in [0.4, 0.5) is 0 Å². The highest BCUT2D eigenvalue weighted by Crippen LogP contribution is 2.27. The lowest BCUT2D eigenvalue weighted by Crippen LogP contribution is -2.48. The molecule has 2 fully saturated rings. The third kappa shape index (κ3) is 2.58. The summed E-state index contributed by atoms with van der Waals surface area (Å²) in [6.45, 7) is 5.06. The third-order valence-corrected chi connectivity index (χ3v) is 4.96. The number of carbonyl (C=O) groups is 1. The molecular weight excluding hydrogens is 234 g/mol. The van der Waals surface area contributed by atoms with Crippen LogP contribution in [-0.2, 0) is 4.79 Å². The zero-order valence-electron chi connectivity index (χ0n) is 10.3. The first kappa shape index (κ1) is 12.7. The second-order valence-corrected chi connectivity index (χ2v) is 6.21. The maximum atomic E-state index is 12.3. The van der Waals surface area contributed by atoms with Crippen molar-refractivity contribution in [2.45, 2.75) is 44.1 Å². The summed E-state index contributed by atoms with van der Waals surface area (Å²) in [4.78, 5) is 14.0. The highest BCUT2D eigenvalue weighted by Gasteiger charge is 2.37. The van der Waals surface area contributed by atoms with Crippen molar-refractivity contribution in [3.63, 3.8) is 0 Å². The maximum Gasteiger partial charge on any atom is 0.241 e. The molecule has 2 rings (SSSR count). The predicted molar refractivity (Wildman–Crippen MR) is 68.4 cm³/mol. The Hall–Kier alpha value is -0.730. The van der Waals surface area contributed by atoms with Crippen LogP contribution >= 0.6 is 11.8 Å². The van der Waals surface area contributed by atoms with Gasteiger partial charge in [-0.2, -0.15) is 5.26 Å². The molecule has 94 valence electrons. The van der Waals surface area contributed by atoms with Gasteiger partial charge in [0.1, 0.15) is 6.04 Å². The second kappa shape index (κ2) is 5.28. The van der Waals surface area contributed by atoms with E-state index < -0.39 is 0 Å². The largest absolute Gasteiger partial charge is 0.325 e. The van der Waals surface area contributed by atoms with Gasteiger partial charge in [0.25, 0.3) is 0 Å². The van der Waals surface area contributed by atoms with E-state index in [0.717, 1.165) is 25.1 Å². The van der Waals surface area contributed by atoms with Crippen LogP contribution in [0.15, 0.2) is 0 Å². The first-order valence-electron chi connectivity index (χ1n) is 6.21. The van der Waals surface area contributed by atoms with Gasteiger partial charge in [0.15, 0.2) is 0 Å². The molecule has 0 aromatic heterocycles. The number of hydrogen-bond donors (Lipinski definition) is 1. The molecule has 1 amide bonds. The Morgan fingerprint density at radius 3 is 2.94 bits per heavy atom. The number of nitriles is 1. The van der Waals surface area contributed by atoms with Crippen molar-refractivity contribution in [2.75, 3.05) is 12.3 Å². The molecule has 0 spiro atoms. The molecule has 2 aliphatic heterocycles. The van der Waals surface area contributed by atoms with Crippen LogP contribution in [0.5, 0.6) is 0 Å². The lowest BCUT2D eigenvalue weighted by atomic mass is 10.2. The van der Waals surface area contributed by atoms with Gasteiger partial charge in [0.05, 0.1) is 17.5 Å². The van der Waals surface area contributed by atoms with Crippen molar-refractivity contribution in [2.24, 2.45) is 5.92 Å². The van der Waals surface area contributed by atoms with Crippen LogP contribution in [0.2, 0.25) is 0 Å². The van der Waals surface area contributed by atoms with Crippen LogP contribution in [0.1, 0.15) is 26.7 Å². The highest BCUT2D eigenvalue weighted by atomic mass is 32.2. The topological polar surface area (TPSA) is 56.1 Å². The van der Waals surface area contributed by atoms with Crippen molar-refractivity contribution in [1.29, 1.82) is 5.26 Å². The summed E-state index contributed by atoms with van der Waals surface area (Å²) in [5.41, 5.74) is 0. The van der Waals surface area contributed by atoms with Crippen molar-refractivity contribution in [3.8, 4) is 6.07 Å².